The van der Waals surface area contributed by atoms with E-state index in [9.17, 15) is 20.1 Å². The molecular formula is C12H17ClO4. The Bertz CT molecular complexity index is 376. The van der Waals surface area contributed by atoms with E-state index in [1.54, 1.807) is 13.8 Å². The molecule has 0 aromatic rings. The van der Waals surface area contributed by atoms with Crippen molar-refractivity contribution in [3.8, 4) is 0 Å². The minimum atomic E-state index is -1.77. The summed E-state index contributed by atoms with van der Waals surface area (Å²) in [6.07, 6.45) is 2.88. The highest BCUT2D eigenvalue weighted by molar-refractivity contribution is 6.25. The van der Waals surface area contributed by atoms with Crippen molar-refractivity contribution in [1.29, 1.82) is 0 Å². The highest BCUT2D eigenvalue weighted by atomic mass is 35.5. The quantitative estimate of drug-likeness (QED) is 0.634. The summed E-state index contributed by atoms with van der Waals surface area (Å²) in [5.41, 5.74) is -2.54. The lowest BCUT2D eigenvalue weighted by atomic mass is 9.83. The molecule has 0 unspecified atom stereocenters. The van der Waals surface area contributed by atoms with E-state index in [1.807, 2.05) is 0 Å². The predicted molar refractivity (Wildman–Crippen MR) is 64.8 cm³/mol. The van der Waals surface area contributed by atoms with Crippen LogP contribution in [0.4, 0.5) is 0 Å². The normalized spacial score (nSPS) is 35.2. The van der Waals surface area contributed by atoms with Gasteiger partial charge >= 0.3 is 0 Å². The molecule has 3 atom stereocenters. The minimum Gasteiger partial charge on any atom is -0.387 e. The van der Waals surface area contributed by atoms with Crippen molar-refractivity contribution in [2.45, 2.75) is 43.5 Å². The molecule has 0 saturated carbocycles. The third kappa shape index (κ3) is 3.16. The van der Waals surface area contributed by atoms with Crippen LogP contribution in [-0.4, -0.2) is 43.8 Å². The van der Waals surface area contributed by atoms with E-state index in [-0.39, 0.29) is 5.57 Å². The van der Waals surface area contributed by atoms with Crippen LogP contribution >= 0.6 is 11.6 Å². The Morgan fingerprint density at radius 1 is 1.53 bits per heavy atom. The lowest BCUT2D eigenvalue weighted by molar-refractivity contribution is -0.133. The van der Waals surface area contributed by atoms with Crippen LogP contribution in [0.1, 0.15) is 20.8 Å². The van der Waals surface area contributed by atoms with Crippen LogP contribution in [0.15, 0.2) is 23.8 Å². The van der Waals surface area contributed by atoms with Crippen LogP contribution in [0.2, 0.25) is 0 Å². The molecule has 17 heavy (non-hydrogen) atoms. The number of halogens is 1. The second-order valence-corrected chi connectivity index (χ2v) is 5.46. The number of hydrogen-bond donors (Lipinski definition) is 3. The molecule has 1 rings (SSSR count). The number of carbonyl (C=O) groups excluding carboxylic acids is 1. The Balaban J connectivity index is 3.03. The van der Waals surface area contributed by atoms with Gasteiger partial charge in [-0.1, -0.05) is 12.2 Å². The van der Waals surface area contributed by atoms with Gasteiger partial charge in [-0.25, -0.2) is 0 Å². The first-order valence-electron chi connectivity index (χ1n) is 5.28. The number of hydrogen-bond acceptors (Lipinski definition) is 4. The SMILES string of the molecule is CC(C)(O)/C=C/C1=CC(=O)[C@](C)(O)[C@@H](Cl)[C@@H]1O. The lowest BCUT2D eigenvalue weighted by Crippen LogP contribution is -2.52. The number of ketones is 1. The van der Waals surface area contributed by atoms with E-state index in [0.717, 1.165) is 6.08 Å². The van der Waals surface area contributed by atoms with E-state index in [2.05, 4.69) is 0 Å². The van der Waals surface area contributed by atoms with Gasteiger partial charge in [0.2, 0.25) is 0 Å². The fourth-order valence-corrected chi connectivity index (χ4v) is 1.70. The zero-order valence-corrected chi connectivity index (χ0v) is 10.8. The molecule has 4 nitrogen and oxygen atoms in total. The molecule has 0 radical (unpaired) electrons. The largest absolute Gasteiger partial charge is 0.387 e. The van der Waals surface area contributed by atoms with Crippen LogP contribution in [-0.2, 0) is 4.79 Å². The van der Waals surface area contributed by atoms with Crippen molar-refractivity contribution in [2.75, 3.05) is 0 Å². The van der Waals surface area contributed by atoms with Crippen molar-refractivity contribution in [1.82, 2.24) is 0 Å². The first-order chi connectivity index (χ1) is 7.55. The van der Waals surface area contributed by atoms with E-state index >= 15 is 0 Å². The van der Waals surface area contributed by atoms with Gasteiger partial charge in [-0.3, -0.25) is 4.79 Å². The number of alkyl halides is 1. The Hall–Kier alpha value is -0.680. The van der Waals surface area contributed by atoms with Gasteiger partial charge in [-0.05, 0) is 32.4 Å². The van der Waals surface area contributed by atoms with Crippen molar-refractivity contribution < 1.29 is 20.1 Å². The summed E-state index contributed by atoms with van der Waals surface area (Å²) in [5.74, 6) is -0.557. The highest BCUT2D eigenvalue weighted by Gasteiger charge is 2.45. The molecule has 0 amide bonds. The van der Waals surface area contributed by atoms with Crippen LogP contribution in [0.5, 0.6) is 0 Å². The molecule has 0 bridgehead atoms. The van der Waals surface area contributed by atoms with Crippen LogP contribution in [0.3, 0.4) is 0 Å². The molecule has 0 aromatic carbocycles. The van der Waals surface area contributed by atoms with Crippen LogP contribution in [0, 0.1) is 0 Å². The molecule has 1 aliphatic rings. The molecule has 1 aliphatic carbocycles. The maximum absolute atomic E-state index is 11.6. The van der Waals surface area contributed by atoms with Crippen LogP contribution in [0.25, 0.3) is 0 Å². The molecular weight excluding hydrogens is 244 g/mol. The second kappa shape index (κ2) is 4.53. The molecule has 5 heteroatoms. The van der Waals surface area contributed by atoms with Crippen molar-refractivity contribution in [3.63, 3.8) is 0 Å². The van der Waals surface area contributed by atoms with E-state index < -0.39 is 28.5 Å². The molecule has 96 valence electrons. The minimum absolute atomic E-state index is 0.281. The molecule has 0 aliphatic heterocycles. The third-order valence-electron chi connectivity index (χ3n) is 2.64. The first-order valence-corrected chi connectivity index (χ1v) is 5.71. The average Bonchev–Trinajstić information content (AvgIpc) is 2.18. The Morgan fingerprint density at radius 3 is 2.53 bits per heavy atom. The molecule has 0 fully saturated rings. The third-order valence-corrected chi connectivity index (χ3v) is 3.30. The second-order valence-electron chi connectivity index (χ2n) is 4.99. The van der Waals surface area contributed by atoms with Gasteiger partial charge in [0.25, 0.3) is 0 Å². The van der Waals surface area contributed by atoms with Gasteiger partial charge in [0, 0.05) is 0 Å². The predicted octanol–water partition coefficient (Wildman–Crippen LogP) is 0.542. The highest BCUT2D eigenvalue weighted by Crippen LogP contribution is 2.30. The van der Waals surface area contributed by atoms with Gasteiger partial charge in [0.05, 0.1) is 17.1 Å². The number of aliphatic hydroxyl groups is 3. The zero-order chi connectivity index (χ0) is 13.4. The molecule has 0 heterocycles. The van der Waals surface area contributed by atoms with E-state index in [4.69, 9.17) is 11.6 Å². The summed E-state index contributed by atoms with van der Waals surface area (Å²) in [6.45, 7) is 4.40. The van der Waals surface area contributed by atoms with Gasteiger partial charge in [0.1, 0.15) is 5.60 Å². The van der Waals surface area contributed by atoms with Crippen molar-refractivity contribution >= 4 is 17.4 Å². The van der Waals surface area contributed by atoms with Crippen molar-refractivity contribution in [3.05, 3.63) is 23.8 Å². The molecule has 0 spiro atoms. The fraction of sp³-hybridized carbons (Fsp3) is 0.583. The number of rotatable bonds is 2. The van der Waals surface area contributed by atoms with Gasteiger partial charge in [-0.2, -0.15) is 0 Å². The molecule has 0 aromatic heterocycles. The molecule has 0 saturated heterocycles. The first kappa shape index (κ1) is 14.4. The lowest BCUT2D eigenvalue weighted by Gasteiger charge is -2.34. The average molecular weight is 261 g/mol. The molecule has 3 N–H and O–H groups in total. The van der Waals surface area contributed by atoms with E-state index in [0.29, 0.717) is 0 Å². The maximum Gasteiger partial charge on any atom is 0.188 e. The Kier molecular flexibility index (Phi) is 3.84. The summed E-state index contributed by atoms with van der Waals surface area (Å²) < 4.78 is 0. The summed E-state index contributed by atoms with van der Waals surface area (Å²) in [4.78, 5) is 11.6. The monoisotopic (exact) mass is 260 g/mol. The topological polar surface area (TPSA) is 77.8 Å². The fourth-order valence-electron chi connectivity index (χ4n) is 1.44. The summed E-state index contributed by atoms with van der Waals surface area (Å²) in [5, 5.41) is 28.0. The van der Waals surface area contributed by atoms with Gasteiger partial charge < -0.3 is 15.3 Å². The summed E-state index contributed by atoms with van der Waals surface area (Å²) in [7, 11) is 0. The maximum atomic E-state index is 11.6. The smallest absolute Gasteiger partial charge is 0.188 e. The Morgan fingerprint density at radius 2 is 2.06 bits per heavy atom. The summed E-state index contributed by atoms with van der Waals surface area (Å²) in [6, 6.07) is 0. The van der Waals surface area contributed by atoms with E-state index in [1.165, 1.54) is 19.1 Å². The number of aliphatic hydroxyl groups excluding tert-OH is 1. The standard InChI is InChI=1S/C12H17ClO4/c1-11(2,16)5-4-7-6-8(14)12(3,17)10(13)9(7)15/h4-6,9-10,15-17H,1-3H3/b5-4+/t9-,10+,12+/m1/s1. The summed E-state index contributed by atoms with van der Waals surface area (Å²) >= 11 is 5.84. The number of carbonyl (C=O) groups is 1. The van der Waals surface area contributed by atoms with Gasteiger partial charge in [0.15, 0.2) is 5.78 Å². The van der Waals surface area contributed by atoms with Gasteiger partial charge in [-0.15, -0.1) is 11.6 Å². The Labute approximate surface area is 105 Å². The zero-order valence-electron chi connectivity index (χ0n) is 10.0. The van der Waals surface area contributed by atoms with Crippen LogP contribution < -0.4 is 0 Å². The van der Waals surface area contributed by atoms with Crippen molar-refractivity contribution in [2.24, 2.45) is 0 Å².